The van der Waals surface area contributed by atoms with Gasteiger partial charge in [-0.05, 0) is 28.6 Å². The standard InChI is InChI=1S/C11H11N5O3/c1-19-11(18)6-10(17)13-8-3-2-4-9(5-8)16-7-12-14-15-16/h2-5,7H,6H2,1H3,(H,13,17). The predicted octanol–water partition coefficient (Wildman–Crippen LogP) is 0.164. The van der Waals surface area contributed by atoms with Crippen molar-refractivity contribution in [3.05, 3.63) is 30.6 Å². The fourth-order valence-corrected chi connectivity index (χ4v) is 1.41. The molecule has 1 N–H and O–H groups in total. The Morgan fingerprint density at radius 2 is 2.26 bits per heavy atom. The van der Waals surface area contributed by atoms with Gasteiger partial charge in [-0.3, -0.25) is 9.59 Å². The minimum Gasteiger partial charge on any atom is -0.469 e. The maximum Gasteiger partial charge on any atom is 0.315 e. The van der Waals surface area contributed by atoms with E-state index in [4.69, 9.17) is 0 Å². The van der Waals surface area contributed by atoms with E-state index >= 15 is 0 Å². The largest absolute Gasteiger partial charge is 0.469 e. The molecular weight excluding hydrogens is 250 g/mol. The van der Waals surface area contributed by atoms with Gasteiger partial charge in [0.2, 0.25) is 5.91 Å². The highest BCUT2D eigenvalue weighted by molar-refractivity contribution is 6.01. The van der Waals surface area contributed by atoms with Crippen molar-refractivity contribution in [2.45, 2.75) is 6.42 Å². The number of amides is 1. The van der Waals surface area contributed by atoms with E-state index in [2.05, 4.69) is 25.6 Å². The summed E-state index contributed by atoms with van der Waals surface area (Å²) in [6.45, 7) is 0. The van der Waals surface area contributed by atoms with Crippen molar-refractivity contribution in [2.24, 2.45) is 0 Å². The number of hydrogen-bond donors (Lipinski definition) is 1. The fourth-order valence-electron chi connectivity index (χ4n) is 1.41. The predicted molar refractivity (Wildman–Crippen MR) is 64.4 cm³/mol. The van der Waals surface area contributed by atoms with Crippen LogP contribution in [0.2, 0.25) is 0 Å². The van der Waals surface area contributed by atoms with Crippen molar-refractivity contribution in [2.75, 3.05) is 12.4 Å². The Morgan fingerprint density at radius 3 is 2.95 bits per heavy atom. The maximum absolute atomic E-state index is 11.5. The van der Waals surface area contributed by atoms with Crippen LogP contribution < -0.4 is 5.32 Å². The van der Waals surface area contributed by atoms with Crippen molar-refractivity contribution in [1.82, 2.24) is 20.2 Å². The summed E-state index contributed by atoms with van der Waals surface area (Å²) in [5.74, 6) is -1.03. The van der Waals surface area contributed by atoms with Crippen molar-refractivity contribution >= 4 is 17.6 Å². The minimum absolute atomic E-state index is 0.328. The lowest BCUT2D eigenvalue weighted by atomic mass is 10.2. The third kappa shape index (κ3) is 3.35. The number of tetrazole rings is 1. The number of esters is 1. The van der Waals surface area contributed by atoms with Crippen LogP contribution in [-0.2, 0) is 14.3 Å². The van der Waals surface area contributed by atoms with Crippen molar-refractivity contribution in [3.8, 4) is 5.69 Å². The zero-order valence-electron chi connectivity index (χ0n) is 10.1. The molecule has 1 aromatic carbocycles. The smallest absolute Gasteiger partial charge is 0.315 e. The van der Waals surface area contributed by atoms with Crippen LogP contribution in [0, 0.1) is 0 Å². The second-order valence-corrected chi connectivity index (χ2v) is 3.61. The number of carbonyl (C=O) groups excluding carboxylic acids is 2. The molecule has 19 heavy (non-hydrogen) atoms. The van der Waals surface area contributed by atoms with Crippen LogP contribution in [0.15, 0.2) is 30.6 Å². The van der Waals surface area contributed by atoms with Gasteiger partial charge in [-0.1, -0.05) is 6.07 Å². The number of aromatic nitrogens is 4. The van der Waals surface area contributed by atoms with E-state index in [9.17, 15) is 9.59 Å². The Morgan fingerprint density at radius 1 is 1.42 bits per heavy atom. The van der Waals surface area contributed by atoms with Gasteiger partial charge in [0.1, 0.15) is 12.7 Å². The van der Waals surface area contributed by atoms with Crippen molar-refractivity contribution in [3.63, 3.8) is 0 Å². The molecule has 0 aliphatic carbocycles. The van der Waals surface area contributed by atoms with Crippen LogP contribution in [0.5, 0.6) is 0 Å². The molecule has 0 saturated heterocycles. The molecule has 0 bridgehead atoms. The summed E-state index contributed by atoms with van der Waals surface area (Å²) in [4.78, 5) is 22.5. The molecule has 2 aromatic rings. The summed E-state index contributed by atoms with van der Waals surface area (Å²) in [5.41, 5.74) is 1.24. The van der Waals surface area contributed by atoms with E-state index in [1.807, 2.05) is 0 Å². The quantitative estimate of drug-likeness (QED) is 0.622. The molecule has 2 rings (SSSR count). The van der Waals surface area contributed by atoms with E-state index in [0.29, 0.717) is 11.4 Å². The fraction of sp³-hybridized carbons (Fsp3) is 0.182. The first-order chi connectivity index (χ1) is 9.19. The van der Waals surface area contributed by atoms with Crippen molar-refractivity contribution < 1.29 is 14.3 Å². The van der Waals surface area contributed by atoms with E-state index < -0.39 is 11.9 Å². The number of anilines is 1. The molecule has 98 valence electrons. The third-order valence-electron chi connectivity index (χ3n) is 2.28. The van der Waals surface area contributed by atoms with Gasteiger partial charge in [-0.2, -0.15) is 0 Å². The number of nitrogens with one attached hydrogen (secondary N) is 1. The van der Waals surface area contributed by atoms with Gasteiger partial charge in [-0.25, -0.2) is 4.68 Å². The molecule has 0 unspecified atom stereocenters. The van der Waals surface area contributed by atoms with Crippen LogP contribution in [0.3, 0.4) is 0 Å². The number of methoxy groups -OCH3 is 1. The number of carbonyl (C=O) groups is 2. The Labute approximate surface area is 108 Å². The van der Waals surface area contributed by atoms with Gasteiger partial charge in [-0.15, -0.1) is 5.10 Å². The second-order valence-electron chi connectivity index (χ2n) is 3.61. The Bertz CT molecular complexity index is 582. The van der Waals surface area contributed by atoms with Crippen LogP contribution in [0.25, 0.3) is 5.69 Å². The van der Waals surface area contributed by atoms with Crippen molar-refractivity contribution in [1.29, 1.82) is 0 Å². The first-order valence-corrected chi connectivity index (χ1v) is 5.39. The van der Waals surface area contributed by atoms with Crippen LogP contribution in [0.4, 0.5) is 5.69 Å². The van der Waals surface area contributed by atoms with Gasteiger partial charge in [0.15, 0.2) is 0 Å². The molecule has 1 amide bonds. The average Bonchev–Trinajstić information content (AvgIpc) is 2.92. The minimum atomic E-state index is -0.589. The van der Waals surface area contributed by atoms with E-state index in [0.717, 1.165) is 0 Å². The lowest BCUT2D eigenvalue weighted by Crippen LogP contribution is -2.17. The van der Waals surface area contributed by atoms with E-state index in [1.165, 1.54) is 18.1 Å². The zero-order valence-corrected chi connectivity index (χ0v) is 10.1. The number of ether oxygens (including phenoxy) is 1. The molecule has 0 saturated carbocycles. The van der Waals surface area contributed by atoms with E-state index in [1.54, 1.807) is 24.3 Å². The van der Waals surface area contributed by atoms with Crippen LogP contribution >= 0.6 is 0 Å². The molecule has 8 nitrogen and oxygen atoms in total. The van der Waals surface area contributed by atoms with E-state index in [-0.39, 0.29) is 6.42 Å². The lowest BCUT2D eigenvalue weighted by Gasteiger charge is -2.06. The highest BCUT2D eigenvalue weighted by atomic mass is 16.5. The monoisotopic (exact) mass is 261 g/mol. The second kappa shape index (κ2) is 5.71. The molecule has 0 atom stereocenters. The zero-order chi connectivity index (χ0) is 13.7. The Kier molecular flexibility index (Phi) is 3.81. The molecule has 0 spiro atoms. The lowest BCUT2D eigenvalue weighted by molar-refractivity contribution is -0.142. The summed E-state index contributed by atoms with van der Waals surface area (Å²) in [6, 6.07) is 6.91. The van der Waals surface area contributed by atoms with Crippen LogP contribution in [-0.4, -0.2) is 39.2 Å². The van der Waals surface area contributed by atoms with Gasteiger partial charge in [0.25, 0.3) is 0 Å². The molecule has 0 fully saturated rings. The molecule has 0 aliphatic heterocycles. The summed E-state index contributed by atoms with van der Waals surface area (Å²) >= 11 is 0. The molecular formula is C11H11N5O3. The average molecular weight is 261 g/mol. The van der Waals surface area contributed by atoms with Gasteiger partial charge < -0.3 is 10.1 Å². The first-order valence-electron chi connectivity index (χ1n) is 5.39. The Hall–Kier alpha value is -2.77. The molecule has 0 radical (unpaired) electrons. The highest BCUT2D eigenvalue weighted by Gasteiger charge is 2.10. The highest BCUT2D eigenvalue weighted by Crippen LogP contribution is 2.13. The number of nitrogens with zero attached hydrogens (tertiary/aromatic N) is 4. The summed E-state index contributed by atoms with van der Waals surface area (Å²) in [5, 5.41) is 13.4. The van der Waals surface area contributed by atoms with Gasteiger partial charge >= 0.3 is 5.97 Å². The topological polar surface area (TPSA) is 99.0 Å². The maximum atomic E-state index is 11.5. The molecule has 1 aromatic heterocycles. The Balaban J connectivity index is 2.07. The summed E-state index contributed by atoms with van der Waals surface area (Å²) in [6.07, 6.45) is 1.11. The first kappa shape index (κ1) is 12.7. The molecule has 1 heterocycles. The van der Waals surface area contributed by atoms with Gasteiger partial charge in [0.05, 0.1) is 12.8 Å². The summed E-state index contributed by atoms with van der Waals surface area (Å²) in [7, 11) is 1.23. The molecule has 8 heteroatoms. The number of hydrogen-bond acceptors (Lipinski definition) is 6. The normalized spacial score (nSPS) is 9.95. The summed E-state index contributed by atoms with van der Waals surface area (Å²) < 4.78 is 5.87. The van der Waals surface area contributed by atoms with Crippen LogP contribution in [0.1, 0.15) is 6.42 Å². The molecule has 0 aliphatic rings. The SMILES string of the molecule is COC(=O)CC(=O)Nc1cccc(-n2cnnn2)c1. The third-order valence-corrected chi connectivity index (χ3v) is 2.28. The van der Waals surface area contributed by atoms with Gasteiger partial charge in [0, 0.05) is 5.69 Å². The number of benzene rings is 1. The number of rotatable bonds is 4.